The normalized spacial score (nSPS) is 11.2. The van der Waals surface area contributed by atoms with Gasteiger partial charge in [0, 0.05) is 6.20 Å². The third-order valence-electron chi connectivity index (χ3n) is 2.32. The van der Waals surface area contributed by atoms with E-state index in [9.17, 15) is 8.42 Å². The molecule has 0 radical (unpaired) electrons. The summed E-state index contributed by atoms with van der Waals surface area (Å²) in [5.74, 6) is 5.60. The van der Waals surface area contributed by atoms with Gasteiger partial charge in [-0.05, 0) is 18.9 Å². The Bertz CT molecular complexity index is 709. The van der Waals surface area contributed by atoms with Crippen LogP contribution in [0.15, 0.2) is 18.6 Å². The molecule has 0 fully saturated rings. The summed E-state index contributed by atoms with van der Waals surface area (Å²) in [6, 6.07) is 1.83. The number of fused-ring (bicyclic) bond motifs is 1. The van der Waals surface area contributed by atoms with Crippen LogP contribution in [0.25, 0.3) is 11.0 Å². The summed E-state index contributed by atoms with van der Waals surface area (Å²) >= 11 is 0. The Hall–Kier alpha value is -1.91. The highest BCUT2D eigenvalue weighted by molar-refractivity contribution is 7.89. The number of nitrogens with zero attached hydrogens (tertiary/aromatic N) is 2. The molecule has 2 aromatic rings. The molecular formula is C11H12N4O2S. The fourth-order valence-electron chi connectivity index (χ4n) is 1.35. The average molecular weight is 264 g/mol. The minimum absolute atomic E-state index is 0.0459. The number of nitrogens with one attached hydrogen (secondary N) is 2. The second kappa shape index (κ2) is 5.16. The third kappa shape index (κ3) is 2.85. The van der Waals surface area contributed by atoms with E-state index in [4.69, 9.17) is 0 Å². The Labute approximate surface area is 105 Å². The van der Waals surface area contributed by atoms with Crippen LogP contribution in [0.4, 0.5) is 0 Å². The number of H-pyrrole nitrogens is 1. The summed E-state index contributed by atoms with van der Waals surface area (Å²) in [5, 5.41) is 0.823. The summed E-state index contributed by atoms with van der Waals surface area (Å²) in [5.41, 5.74) is 1.29. The molecule has 7 heteroatoms. The molecule has 0 spiro atoms. The molecule has 0 aliphatic carbocycles. The van der Waals surface area contributed by atoms with Crippen molar-refractivity contribution in [1.29, 1.82) is 0 Å². The topological polar surface area (TPSA) is 87.7 Å². The molecule has 0 saturated carbocycles. The zero-order valence-corrected chi connectivity index (χ0v) is 10.6. The standard InChI is InChI=1S/C11H12N4O2S/c1-2-18(16,17)15-6-3-4-10-9-5-7-12-11(9)14-8-13-10/h5,7-8,15H,2,6H2,1H3,(H,12,13,14). The summed E-state index contributed by atoms with van der Waals surface area (Å²) in [4.78, 5) is 11.0. The van der Waals surface area contributed by atoms with Gasteiger partial charge < -0.3 is 4.98 Å². The molecular weight excluding hydrogens is 252 g/mol. The van der Waals surface area contributed by atoms with Crippen molar-refractivity contribution in [2.75, 3.05) is 12.3 Å². The van der Waals surface area contributed by atoms with Gasteiger partial charge in [-0.2, -0.15) is 0 Å². The van der Waals surface area contributed by atoms with Gasteiger partial charge in [-0.15, -0.1) is 0 Å². The number of sulfonamides is 1. The van der Waals surface area contributed by atoms with Gasteiger partial charge in [-0.25, -0.2) is 23.1 Å². The lowest BCUT2D eigenvalue weighted by atomic mass is 10.3. The van der Waals surface area contributed by atoms with Gasteiger partial charge in [0.1, 0.15) is 17.7 Å². The summed E-state index contributed by atoms with van der Waals surface area (Å²) < 4.78 is 24.7. The number of aromatic nitrogens is 3. The lowest BCUT2D eigenvalue weighted by Gasteiger charge is -1.97. The van der Waals surface area contributed by atoms with E-state index in [-0.39, 0.29) is 12.3 Å². The maximum Gasteiger partial charge on any atom is 0.212 e. The first-order valence-electron chi connectivity index (χ1n) is 5.36. The van der Waals surface area contributed by atoms with Crippen LogP contribution in [0.2, 0.25) is 0 Å². The molecule has 0 saturated heterocycles. The molecule has 0 aliphatic heterocycles. The van der Waals surface area contributed by atoms with Gasteiger partial charge in [0.05, 0.1) is 17.7 Å². The molecule has 6 nitrogen and oxygen atoms in total. The maximum atomic E-state index is 11.2. The molecule has 0 aromatic carbocycles. The Morgan fingerprint density at radius 2 is 2.28 bits per heavy atom. The molecule has 18 heavy (non-hydrogen) atoms. The van der Waals surface area contributed by atoms with E-state index >= 15 is 0 Å². The second-order valence-electron chi connectivity index (χ2n) is 3.49. The highest BCUT2D eigenvalue weighted by Gasteiger charge is 2.03. The van der Waals surface area contributed by atoms with Gasteiger partial charge >= 0.3 is 0 Å². The van der Waals surface area contributed by atoms with Gasteiger partial charge in [0.15, 0.2) is 0 Å². The van der Waals surface area contributed by atoms with Crippen LogP contribution in [0.1, 0.15) is 12.6 Å². The third-order valence-corrected chi connectivity index (χ3v) is 3.67. The molecule has 94 valence electrons. The molecule has 2 aromatic heterocycles. The summed E-state index contributed by atoms with van der Waals surface area (Å²) in [6.45, 7) is 1.65. The molecule has 2 heterocycles. The number of hydrogen-bond donors (Lipinski definition) is 2. The van der Waals surface area contributed by atoms with E-state index in [1.807, 2.05) is 6.07 Å². The fraction of sp³-hybridized carbons (Fsp3) is 0.273. The van der Waals surface area contributed by atoms with Crippen molar-refractivity contribution < 1.29 is 8.42 Å². The van der Waals surface area contributed by atoms with Gasteiger partial charge in [-0.3, -0.25) is 0 Å². The molecule has 2 N–H and O–H groups in total. The van der Waals surface area contributed by atoms with Crippen LogP contribution in [0.5, 0.6) is 0 Å². The monoisotopic (exact) mass is 264 g/mol. The van der Waals surface area contributed by atoms with E-state index in [0.29, 0.717) is 11.3 Å². The van der Waals surface area contributed by atoms with Crippen LogP contribution in [0, 0.1) is 11.8 Å². The van der Waals surface area contributed by atoms with Gasteiger partial charge in [0.2, 0.25) is 10.0 Å². The van der Waals surface area contributed by atoms with E-state index in [0.717, 1.165) is 5.39 Å². The predicted octanol–water partition coefficient (Wildman–Crippen LogP) is 0.249. The van der Waals surface area contributed by atoms with Crippen molar-refractivity contribution in [2.24, 2.45) is 0 Å². The molecule has 0 aliphatic rings. The maximum absolute atomic E-state index is 11.2. The van der Waals surface area contributed by atoms with Crippen molar-refractivity contribution >= 4 is 21.1 Å². The van der Waals surface area contributed by atoms with Crippen molar-refractivity contribution in [3.8, 4) is 11.8 Å². The van der Waals surface area contributed by atoms with Gasteiger partial charge in [-0.1, -0.05) is 5.92 Å². The predicted molar refractivity (Wildman–Crippen MR) is 68.2 cm³/mol. The first kappa shape index (κ1) is 12.5. The fourth-order valence-corrected chi connectivity index (χ4v) is 1.84. The Balaban J connectivity index is 2.13. The van der Waals surface area contributed by atoms with E-state index in [1.165, 1.54) is 6.33 Å². The smallest absolute Gasteiger partial charge is 0.212 e. The molecule has 0 amide bonds. The minimum Gasteiger partial charge on any atom is -0.346 e. The first-order valence-corrected chi connectivity index (χ1v) is 7.02. The average Bonchev–Trinajstić information content (AvgIpc) is 2.83. The highest BCUT2D eigenvalue weighted by Crippen LogP contribution is 2.10. The quantitative estimate of drug-likeness (QED) is 0.778. The number of rotatable bonds is 3. The van der Waals surface area contributed by atoms with Gasteiger partial charge in [0.25, 0.3) is 0 Å². The highest BCUT2D eigenvalue weighted by atomic mass is 32.2. The lowest BCUT2D eigenvalue weighted by molar-refractivity contribution is 0.587. The molecule has 0 bridgehead atoms. The SMILES string of the molecule is CCS(=O)(=O)NCC#Cc1ncnc2[nH]ccc12. The molecule has 0 unspecified atom stereocenters. The largest absolute Gasteiger partial charge is 0.346 e. The van der Waals surface area contributed by atoms with Crippen LogP contribution in [-0.4, -0.2) is 35.7 Å². The first-order chi connectivity index (χ1) is 8.62. The van der Waals surface area contributed by atoms with Crippen molar-refractivity contribution in [2.45, 2.75) is 6.92 Å². The molecule has 2 rings (SSSR count). The second-order valence-corrected chi connectivity index (χ2v) is 5.58. The van der Waals surface area contributed by atoms with Crippen LogP contribution in [0.3, 0.4) is 0 Å². The van der Waals surface area contributed by atoms with Crippen LogP contribution < -0.4 is 4.72 Å². The summed E-state index contributed by atoms with van der Waals surface area (Å²) in [6.07, 6.45) is 3.17. The molecule has 0 atom stereocenters. The van der Waals surface area contributed by atoms with Crippen molar-refractivity contribution in [1.82, 2.24) is 19.7 Å². The van der Waals surface area contributed by atoms with E-state index < -0.39 is 10.0 Å². The van der Waals surface area contributed by atoms with Crippen molar-refractivity contribution in [3.63, 3.8) is 0 Å². The van der Waals surface area contributed by atoms with Crippen LogP contribution >= 0.6 is 0 Å². The van der Waals surface area contributed by atoms with Crippen molar-refractivity contribution in [3.05, 3.63) is 24.3 Å². The Morgan fingerprint density at radius 1 is 1.44 bits per heavy atom. The van der Waals surface area contributed by atoms with E-state index in [1.54, 1.807) is 13.1 Å². The van der Waals surface area contributed by atoms with E-state index in [2.05, 4.69) is 31.5 Å². The zero-order valence-electron chi connectivity index (χ0n) is 9.77. The number of hydrogen-bond acceptors (Lipinski definition) is 4. The Morgan fingerprint density at radius 3 is 3.06 bits per heavy atom. The van der Waals surface area contributed by atoms with Crippen LogP contribution in [-0.2, 0) is 10.0 Å². The summed E-state index contributed by atoms with van der Waals surface area (Å²) in [7, 11) is -3.20. The number of aromatic amines is 1. The zero-order chi connectivity index (χ0) is 13.0. The lowest BCUT2D eigenvalue weighted by Crippen LogP contribution is -2.25. The minimum atomic E-state index is -3.20. The Kier molecular flexibility index (Phi) is 3.60.